The molecule has 2 aliphatic heterocycles. The Morgan fingerprint density at radius 3 is 2.62 bits per heavy atom. The summed E-state index contributed by atoms with van der Waals surface area (Å²) in [6.07, 6.45) is -0.202. The lowest BCUT2D eigenvalue weighted by Gasteiger charge is -2.38. The zero-order chi connectivity index (χ0) is 12.0. The molecular formula is C9H16O6S. The van der Waals surface area contributed by atoms with E-state index in [1.54, 1.807) is 13.8 Å². The van der Waals surface area contributed by atoms with E-state index >= 15 is 0 Å². The first-order valence-electron chi connectivity index (χ1n) is 5.08. The minimum atomic E-state index is -3.50. The van der Waals surface area contributed by atoms with Crippen LogP contribution in [0.3, 0.4) is 0 Å². The SMILES string of the molecule is CC1(C)OC[C@H]2OC[C@H](OS(C)(=O)=O)[C@H]2O1. The molecule has 0 spiro atoms. The highest BCUT2D eigenvalue weighted by Crippen LogP contribution is 2.31. The molecule has 2 heterocycles. The maximum absolute atomic E-state index is 11.1. The minimum absolute atomic E-state index is 0.210. The standard InChI is InChI=1S/C9H16O6S/c1-9(2)13-5-6-8(14-9)7(4-12-6)15-16(3,10)11/h6-8H,4-5H2,1-3H3/t6-,7+,8+/m1/s1. The molecule has 0 radical (unpaired) electrons. The summed E-state index contributed by atoms with van der Waals surface area (Å²) in [6, 6.07) is 0. The molecule has 0 aliphatic carbocycles. The van der Waals surface area contributed by atoms with Gasteiger partial charge < -0.3 is 14.2 Å². The van der Waals surface area contributed by atoms with E-state index in [9.17, 15) is 8.42 Å². The van der Waals surface area contributed by atoms with Crippen molar-refractivity contribution in [1.29, 1.82) is 0 Å². The van der Waals surface area contributed by atoms with Crippen molar-refractivity contribution in [3.05, 3.63) is 0 Å². The topological polar surface area (TPSA) is 71.1 Å². The Kier molecular flexibility index (Phi) is 3.00. The van der Waals surface area contributed by atoms with Crippen LogP contribution in [0.4, 0.5) is 0 Å². The fourth-order valence-electron chi connectivity index (χ4n) is 1.89. The first-order chi connectivity index (χ1) is 7.27. The van der Waals surface area contributed by atoms with Crippen LogP contribution in [0.15, 0.2) is 0 Å². The molecule has 2 saturated heterocycles. The highest BCUT2D eigenvalue weighted by atomic mass is 32.2. The van der Waals surface area contributed by atoms with Crippen molar-refractivity contribution in [1.82, 2.24) is 0 Å². The van der Waals surface area contributed by atoms with E-state index in [0.29, 0.717) is 6.61 Å². The smallest absolute Gasteiger partial charge is 0.264 e. The van der Waals surface area contributed by atoms with Crippen LogP contribution in [0.5, 0.6) is 0 Å². The van der Waals surface area contributed by atoms with Crippen molar-refractivity contribution in [2.45, 2.75) is 37.9 Å². The van der Waals surface area contributed by atoms with Gasteiger partial charge >= 0.3 is 0 Å². The van der Waals surface area contributed by atoms with Gasteiger partial charge in [0.2, 0.25) is 0 Å². The lowest BCUT2D eigenvalue weighted by atomic mass is 10.1. The van der Waals surface area contributed by atoms with Crippen LogP contribution in [-0.4, -0.2) is 52.0 Å². The Bertz CT molecular complexity index is 362. The van der Waals surface area contributed by atoms with E-state index in [-0.39, 0.29) is 12.7 Å². The third-order valence-corrected chi connectivity index (χ3v) is 3.12. The van der Waals surface area contributed by atoms with Crippen LogP contribution in [0.25, 0.3) is 0 Å². The van der Waals surface area contributed by atoms with Crippen molar-refractivity contribution in [3.8, 4) is 0 Å². The average Bonchev–Trinajstić information content (AvgIpc) is 2.44. The van der Waals surface area contributed by atoms with E-state index < -0.39 is 28.1 Å². The minimum Gasteiger partial charge on any atom is -0.370 e. The molecule has 6 nitrogen and oxygen atoms in total. The molecular weight excluding hydrogens is 236 g/mol. The lowest BCUT2D eigenvalue weighted by Crippen LogP contribution is -2.50. The molecule has 16 heavy (non-hydrogen) atoms. The first kappa shape index (κ1) is 12.3. The van der Waals surface area contributed by atoms with Gasteiger partial charge in [0.05, 0.1) is 19.5 Å². The monoisotopic (exact) mass is 252 g/mol. The van der Waals surface area contributed by atoms with Gasteiger partial charge in [0, 0.05) is 0 Å². The van der Waals surface area contributed by atoms with Crippen molar-refractivity contribution in [3.63, 3.8) is 0 Å². The van der Waals surface area contributed by atoms with Crippen molar-refractivity contribution in [2.24, 2.45) is 0 Å². The maximum atomic E-state index is 11.1. The first-order valence-corrected chi connectivity index (χ1v) is 6.90. The molecule has 3 atom stereocenters. The normalized spacial score (nSPS) is 38.3. The van der Waals surface area contributed by atoms with Gasteiger partial charge in [-0.15, -0.1) is 0 Å². The summed E-state index contributed by atoms with van der Waals surface area (Å²) in [5.41, 5.74) is 0. The van der Waals surface area contributed by atoms with Gasteiger partial charge in [0.1, 0.15) is 18.3 Å². The zero-order valence-electron chi connectivity index (χ0n) is 9.50. The fraction of sp³-hybridized carbons (Fsp3) is 1.00. The highest BCUT2D eigenvalue weighted by Gasteiger charge is 2.47. The van der Waals surface area contributed by atoms with E-state index in [4.69, 9.17) is 18.4 Å². The van der Waals surface area contributed by atoms with Crippen molar-refractivity contribution in [2.75, 3.05) is 19.5 Å². The molecule has 2 rings (SSSR count). The predicted octanol–water partition coefficient (Wildman–Crippen LogP) is -0.118. The Hall–Kier alpha value is -0.210. The summed E-state index contributed by atoms with van der Waals surface area (Å²) in [4.78, 5) is 0. The second-order valence-electron chi connectivity index (χ2n) is 4.50. The molecule has 0 aromatic rings. The Balaban J connectivity index is 2.07. The largest absolute Gasteiger partial charge is 0.370 e. The summed E-state index contributed by atoms with van der Waals surface area (Å²) in [5, 5.41) is 0. The Morgan fingerprint density at radius 2 is 2.00 bits per heavy atom. The Morgan fingerprint density at radius 1 is 1.31 bits per heavy atom. The predicted molar refractivity (Wildman–Crippen MR) is 54.4 cm³/mol. The van der Waals surface area contributed by atoms with Gasteiger partial charge in [-0.25, -0.2) is 0 Å². The molecule has 2 fully saturated rings. The third-order valence-electron chi connectivity index (χ3n) is 2.52. The summed E-state index contributed by atoms with van der Waals surface area (Å²) in [7, 11) is -3.50. The number of hydrogen-bond donors (Lipinski definition) is 0. The molecule has 0 aromatic heterocycles. The third kappa shape index (κ3) is 2.72. The molecule has 0 N–H and O–H groups in total. The molecule has 2 aliphatic rings. The lowest BCUT2D eigenvalue weighted by molar-refractivity contribution is -0.298. The Labute approximate surface area is 94.9 Å². The maximum Gasteiger partial charge on any atom is 0.264 e. The van der Waals surface area contributed by atoms with Crippen molar-refractivity contribution < 1.29 is 26.8 Å². The van der Waals surface area contributed by atoms with E-state index in [1.165, 1.54) is 0 Å². The van der Waals surface area contributed by atoms with Crippen LogP contribution < -0.4 is 0 Å². The van der Waals surface area contributed by atoms with Gasteiger partial charge in [-0.1, -0.05) is 0 Å². The van der Waals surface area contributed by atoms with Gasteiger partial charge in [-0.05, 0) is 13.8 Å². The molecule has 0 amide bonds. The van der Waals surface area contributed by atoms with Gasteiger partial charge in [-0.3, -0.25) is 4.18 Å². The van der Waals surface area contributed by atoms with E-state index in [0.717, 1.165) is 6.26 Å². The number of rotatable bonds is 2. The van der Waals surface area contributed by atoms with Crippen LogP contribution in [0, 0.1) is 0 Å². The van der Waals surface area contributed by atoms with Gasteiger partial charge in [-0.2, -0.15) is 8.42 Å². The summed E-state index contributed by atoms with van der Waals surface area (Å²) in [5.74, 6) is -0.728. The summed E-state index contributed by atoms with van der Waals surface area (Å²) in [6.45, 7) is 4.15. The number of ether oxygens (including phenoxy) is 3. The fourth-order valence-corrected chi connectivity index (χ4v) is 2.51. The molecule has 0 bridgehead atoms. The summed E-state index contributed by atoms with van der Waals surface area (Å²) < 4.78 is 43.4. The second kappa shape index (κ2) is 3.92. The van der Waals surface area contributed by atoms with Crippen LogP contribution in [0.2, 0.25) is 0 Å². The van der Waals surface area contributed by atoms with Crippen LogP contribution in [0.1, 0.15) is 13.8 Å². The second-order valence-corrected chi connectivity index (χ2v) is 6.10. The molecule has 7 heteroatoms. The van der Waals surface area contributed by atoms with Crippen molar-refractivity contribution >= 4 is 10.1 Å². The molecule has 0 saturated carbocycles. The molecule has 0 unspecified atom stereocenters. The molecule has 94 valence electrons. The van der Waals surface area contributed by atoms with E-state index in [1.807, 2.05) is 0 Å². The van der Waals surface area contributed by atoms with Crippen LogP contribution in [-0.2, 0) is 28.5 Å². The number of hydrogen-bond acceptors (Lipinski definition) is 6. The van der Waals surface area contributed by atoms with E-state index in [2.05, 4.69) is 0 Å². The van der Waals surface area contributed by atoms with Crippen LogP contribution >= 0.6 is 0 Å². The average molecular weight is 252 g/mol. The quantitative estimate of drug-likeness (QED) is 0.638. The highest BCUT2D eigenvalue weighted by molar-refractivity contribution is 7.86. The summed E-state index contributed by atoms with van der Waals surface area (Å²) >= 11 is 0. The molecule has 0 aromatic carbocycles. The zero-order valence-corrected chi connectivity index (χ0v) is 10.3. The number of fused-ring (bicyclic) bond motifs is 1. The van der Waals surface area contributed by atoms with Gasteiger partial charge in [0.25, 0.3) is 10.1 Å². The van der Waals surface area contributed by atoms with Gasteiger partial charge in [0.15, 0.2) is 5.79 Å².